The van der Waals surface area contributed by atoms with Gasteiger partial charge in [0, 0.05) is 10.0 Å². The van der Waals surface area contributed by atoms with E-state index in [4.69, 9.17) is 27.9 Å². The van der Waals surface area contributed by atoms with Gasteiger partial charge in [-0.3, -0.25) is 14.4 Å². The maximum atomic E-state index is 16.0. The third-order valence-electron chi connectivity index (χ3n) is 10.3. The second-order valence-corrected chi connectivity index (χ2v) is 13.6. The molecular weight excluding hydrogens is 653 g/mol. The molecule has 0 unspecified atom stereocenters. The molecule has 2 bridgehead atoms. The molecule has 0 spiro atoms. The summed E-state index contributed by atoms with van der Waals surface area (Å²) < 4.78 is 5.79. The molecule has 1 aliphatic heterocycles. The number of ether oxygens (including phenoxy) is 1. The van der Waals surface area contributed by atoms with Gasteiger partial charge in [-0.1, -0.05) is 115 Å². The van der Waals surface area contributed by atoms with Gasteiger partial charge in [0.1, 0.15) is 5.75 Å². The van der Waals surface area contributed by atoms with Gasteiger partial charge in [-0.2, -0.15) is 0 Å². The molecule has 8 rings (SSSR count). The minimum Gasteiger partial charge on any atom is -0.494 e. The van der Waals surface area contributed by atoms with Gasteiger partial charge in [-0.15, -0.1) is 0 Å². The van der Waals surface area contributed by atoms with Crippen molar-refractivity contribution in [3.05, 3.63) is 166 Å². The van der Waals surface area contributed by atoms with Crippen molar-refractivity contribution in [1.82, 2.24) is 0 Å². The molecule has 49 heavy (non-hydrogen) atoms. The van der Waals surface area contributed by atoms with Crippen molar-refractivity contribution in [2.45, 2.75) is 24.2 Å². The van der Waals surface area contributed by atoms with Gasteiger partial charge in [-0.25, -0.2) is 4.90 Å². The van der Waals surface area contributed by atoms with Crippen LogP contribution in [0.3, 0.4) is 0 Å². The molecule has 3 aliphatic rings. The molecule has 1 heterocycles. The molecule has 2 fully saturated rings. The Kier molecular flexibility index (Phi) is 7.58. The number of halogens is 2. The Morgan fingerprint density at radius 1 is 0.592 bits per heavy atom. The fourth-order valence-electron chi connectivity index (χ4n) is 8.52. The lowest BCUT2D eigenvalue weighted by Crippen LogP contribution is -2.45. The number of benzene rings is 5. The Hall–Kier alpha value is -4.97. The summed E-state index contributed by atoms with van der Waals surface area (Å²) in [6.07, 6.45) is 0.849. The molecule has 2 aliphatic carbocycles. The Balaban J connectivity index is 1.48. The number of hydrogen-bond acceptors (Lipinski definition) is 4. The van der Waals surface area contributed by atoms with E-state index in [0.717, 1.165) is 17.5 Å². The van der Waals surface area contributed by atoms with Crippen molar-refractivity contribution < 1.29 is 19.1 Å². The lowest BCUT2D eigenvalue weighted by molar-refractivity contribution is -0.130. The predicted octanol–water partition coefficient (Wildman–Crippen LogP) is 8.97. The van der Waals surface area contributed by atoms with Gasteiger partial charge >= 0.3 is 0 Å². The molecule has 242 valence electrons. The first kappa shape index (κ1) is 31.3. The monoisotopic (exact) mass is 683 g/mol. The van der Waals surface area contributed by atoms with Crippen molar-refractivity contribution in [2.24, 2.45) is 11.8 Å². The second kappa shape index (κ2) is 11.9. The molecule has 4 atom stereocenters. The number of hydrogen-bond donors (Lipinski definition) is 0. The van der Waals surface area contributed by atoms with E-state index in [9.17, 15) is 0 Å². The van der Waals surface area contributed by atoms with E-state index in [1.807, 2.05) is 91.9 Å². The summed E-state index contributed by atoms with van der Waals surface area (Å²) in [6, 6.07) is 40.8. The van der Waals surface area contributed by atoms with Crippen LogP contribution in [0.2, 0.25) is 10.0 Å². The predicted molar refractivity (Wildman–Crippen MR) is 193 cm³/mol. The number of fused-ring (bicyclic) bond motifs is 5. The third kappa shape index (κ3) is 4.35. The number of anilines is 1. The maximum Gasteiger partial charge on any atom is 0.239 e. The summed E-state index contributed by atoms with van der Waals surface area (Å²) in [6.45, 7) is 2.58. The van der Waals surface area contributed by atoms with Gasteiger partial charge < -0.3 is 4.74 Å². The molecule has 1 saturated heterocycles. The van der Waals surface area contributed by atoms with Crippen LogP contribution in [0.5, 0.6) is 5.75 Å². The molecule has 5 aromatic rings. The van der Waals surface area contributed by atoms with Gasteiger partial charge in [0.15, 0.2) is 5.78 Å². The van der Waals surface area contributed by atoms with Crippen LogP contribution < -0.4 is 9.64 Å². The first-order valence-electron chi connectivity index (χ1n) is 16.4. The van der Waals surface area contributed by atoms with E-state index >= 15 is 14.4 Å². The second-order valence-electron chi connectivity index (χ2n) is 12.8. The SMILES string of the molecule is CCCOc1ccc(N2C(=O)[C@@H]3[C@@H](C2=O)[C@@]2(c4ccc(Cl)cc4)C(=O)[C@@]3(c3ccc(Cl)cc3)C(c3ccccc3)=C2c2ccccc2)cc1. The number of ketones is 1. The average Bonchev–Trinajstić information content (AvgIpc) is 3.64. The summed E-state index contributed by atoms with van der Waals surface area (Å²) in [5.41, 5.74) is 1.65. The van der Waals surface area contributed by atoms with Crippen LogP contribution in [-0.4, -0.2) is 24.2 Å². The zero-order valence-electron chi connectivity index (χ0n) is 26.6. The largest absolute Gasteiger partial charge is 0.494 e. The zero-order chi connectivity index (χ0) is 33.9. The van der Waals surface area contributed by atoms with E-state index in [-0.39, 0.29) is 5.78 Å². The van der Waals surface area contributed by atoms with E-state index in [2.05, 4.69) is 0 Å². The molecule has 0 radical (unpaired) electrons. The molecule has 0 aromatic heterocycles. The summed E-state index contributed by atoms with van der Waals surface area (Å²) in [4.78, 5) is 47.5. The van der Waals surface area contributed by atoms with Crippen molar-refractivity contribution in [2.75, 3.05) is 11.5 Å². The highest BCUT2D eigenvalue weighted by atomic mass is 35.5. The third-order valence-corrected chi connectivity index (χ3v) is 10.8. The fourth-order valence-corrected chi connectivity index (χ4v) is 8.78. The van der Waals surface area contributed by atoms with Crippen molar-refractivity contribution in [3.63, 3.8) is 0 Å². The zero-order valence-corrected chi connectivity index (χ0v) is 28.1. The standard InChI is InChI=1S/C42H31Cl2NO4/c1-2-25-49-33-23-21-32(22-24-33)45-38(46)36-37(39(45)47)42(29-15-19-31(44)20-16-29)35(27-11-7-4-8-12-27)34(26-9-5-3-6-10-26)41(36,40(42)48)28-13-17-30(43)18-14-28/h3-24,36-37H,2,25H2,1H3/t36-,37-,41-,42-/m0/s1. The van der Waals surface area contributed by atoms with Crippen molar-refractivity contribution in [3.8, 4) is 5.75 Å². The first-order chi connectivity index (χ1) is 23.8. The molecular formula is C42H31Cl2NO4. The van der Waals surface area contributed by atoms with E-state index in [1.54, 1.807) is 48.5 Å². The summed E-state index contributed by atoms with van der Waals surface area (Å²) in [5.74, 6) is -2.48. The minimum absolute atomic E-state index is 0.206. The Morgan fingerprint density at radius 2 is 1.02 bits per heavy atom. The smallest absolute Gasteiger partial charge is 0.239 e. The van der Waals surface area contributed by atoms with Crippen molar-refractivity contribution >= 4 is 57.6 Å². The fraction of sp³-hybridized carbons (Fsp3) is 0.167. The number of amides is 2. The number of nitrogens with zero attached hydrogens (tertiary/aromatic N) is 1. The lowest BCUT2D eigenvalue weighted by atomic mass is 9.59. The van der Waals surface area contributed by atoms with Crippen LogP contribution in [0.4, 0.5) is 5.69 Å². The molecule has 5 aromatic carbocycles. The summed E-state index contributed by atoms with van der Waals surface area (Å²) in [7, 11) is 0. The Labute approximate surface area is 294 Å². The van der Waals surface area contributed by atoms with E-state index in [1.165, 1.54) is 4.90 Å². The highest BCUT2D eigenvalue weighted by molar-refractivity contribution is 6.39. The van der Waals surface area contributed by atoms with Crippen LogP contribution >= 0.6 is 23.2 Å². The minimum atomic E-state index is -1.52. The molecule has 2 amide bonds. The van der Waals surface area contributed by atoms with Crippen LogP contribution in [-0.2, 0) is 25.2 Å². The van der Waals surface area contributed by atoms with Gasteiger partial charge in [0.25, 0.3) is 0 Å². The highest BCUT2D eigenvalue weighted by Crippen LogP contribution is 2.74. The van der Waals surface area contributed by atoms with E-state index in [0.29, 0.717) is 50.4 Å². The van der Waals surface area contributed by atoms with Crippen LogP contribution in [0, 0.1) is 11.8 Å². The lowest BCUT2D eigenvalue weighted by Gasteiger charge is -2.39. The quantitative estimate of drug-likeness (QED) is 0.153. The summed E-state index contributed by atoms with van der Waals surface area (Å²) in [5, 5.41) is 0.997. The van der Waals surface area contributed by atoms with Crippen LogP contribution in [0.1, 0.15) is 35.6 Å². The van der Waals surface area contributed by atoms with Crippen molar-refractivity contribution in [1.29, 1.82) is 0 Å². The number of allylic oxidation sites excluding steroid dienone is 2. The first-order valence-corrected chi connectivity index (χ1v) is 17.1. The average molecular weight is 685 g/mol. The van der Waals surface area contributed by atoms with Gasteiger partial charge in [0.05, 0.1) is 35.0 Å². The van der Waals surface area contributed by atoms with Crippen LogP contribution in [0.15, 0.2) is 133 Å². The van der Waals surface area contributed by atoms with Crippen LogP contribution in [0.25, 0.3) is 11.1 Å². The Bertz CT molecular complexity index is 2000. The maximum absolute atomic E-state index is 16.0. The molecule has 5 nitrogen and oxygen atoms in total. The molecule has 1 saturated carbocycles. The number of imide groups is 1. The normalized spacial score (nSPS) is 24.1. The number of carbonyl (C=O) groups is 3. The van der Waals surface area contributed by atoms with Gasteiger partial charge in [-0.05, 0) is 88.4 Å². The Morgan fingerprint density at radius 3 is 1.43 bits per heavy atom. The number of Topliss-reactive ketones (excluding diaryl/α,β-unsaturated/α-hetero) is 1. The molecule has 0 N–H and O–H groups in total. The topological polar surface area (TPSA) is 63.7 Å². The number of carbonyl (C=O) groups excluding carboxylic acids is 3. The molecule has 7 heteroatoms. The number of rotatable bonds is 8. The van der Waals surface area contributed by atoms with Gasteiger partial charge in [0.2, 0.25) is 11.8 Å². The van der Waals surface area contributed by atoms with E-state index < -0.39 is 34.5 Å². The highest BCUT2D eigenvalue weighted by Gasteiger charge is 2.82. The summed E-state index contributed by atoms with van der Waals surface area (Å²) >= 11 is 12.9.